The average Bonchev–Trinajstić information content (AvgIpc) is 2.18. The van der Waals surface area contributed by atoms with Crippen LogP contribution in [0, 0.1) is 0 Å². The molecule has 0 saturated heterocycles. The van der Waals surface area contributed by atoms with Gasteiger partial charge in [0.15, 0.2) is 0 Å². The molecule has 98 valence electrons. The summed E-state index contributed by atoms with van der Waals surface area (Å²) in [5, 5.41) is 0. The van der Waals surface area contributed by atoms with Crippen LogP contribution in [0.3, 0.4) is 0 Å². The van der Waals surface area contributed by atoms with Gasteiger partial charge in [-0.25, -0.2) is 4.79 Å². The number of rotatable bonds is 3. The zero-order valence-electron chi connectivity index (χ0n) is 9.66. The van der Waals surface area contributed by atoms with Gasteiger partial charge in [-0.2, -0.15) is 13.2 Å². The third-order valence-corrected chi connectivity index (χ3v) is 2.21. The first-order valence-corrected chi connectivity index (χ1v) is 5.40. The Bertz CT molecular complexity index is 297. The first-order valence-electron chi connectivity index (χ1n) is 5.40. The van der Waals surface area contributed by atoms with Gasteiger partial charge in [0, 0.05) is 0 Å². The van der Waals surface area contributed by atoms with Gasteiger partial charge < -0.3 is 9.47 Å². The summed E-state index contributed by atoms with van der Waals surface area (Å²) in [7, 11) is 0. The van der Waals surface area contributed by atoms with Crippen molar-refractivity contribution in [3.8, 4) is 0 Å². The Hall–Kier alpha value is -1.04. The zero-order chi connectivity index (χ0) is 13.1. The van der Waals surface area contributed by atoms with Crippen molar-refractivity contribution >= 4 is 5.97 Å². The SMILES string of the molecule is CC(C)O[C@@H]1C=C[C@@H](OC(=O)C(F)(F)F)CC1. The van der Waals surface area contributed by atoms with Gasteiger partial charge >= 0.3 is 12.1 Å². The van der Waals surface area contributed by atoms with Crippen LogP contribution in [-0.2, 0) is 14.3 Å². The first-order chi connectivity index (χ1) is 7.79. The molecule has 0 heterocycles. The second-order valence-electron chi connectivity index (χ2n) is 4.13. The summed E-state index contributed by atoms with van der Waals surface area (Å²) in [5.74, 6) is -2.14. The highest BCUT2D eigenvalue weighted by atomic mass is 19.4. The molecule has 0 N–H and O–H groups in total. The van der Waals surface area contributed by atoms with E-state index in [4.69, 9.17) is 4.74 Å². The number of hydrogen-bond acceptors (Lipinski definition) is 3. The number of halogens is 3. The standard InChI is InChI=1S/C11H15F3O3/c1-7(2)16-8-3-5-9(6-4-8)17-10(15)11(12,13)14/h3,5,7-9H,4,6H2,1-2H3/t8-,9-/m1/s1. The lowest BCUT2D eigenvalue weighted by Gasteiger charge is -2.24. The Balaban J connectivity index is 2.43. The van der Waals surface area contributed by atoms with Crippen molar-refractivity contribution in [2.75, 3.05) is 0 Å². The highest BCUT2D eigenvalue weighted by Gasteiger charge is 2.42. The van der Waals surface area contributed by atoms with Crippen molar-refractivity contribution in [1.82, 2.24) is 0 Å². The first kappa shape index (κ1) is 14.0. The Labute approximate surface area is 97.6 Å². The van der Waals surface area contributed by atoms with Crippen molar-refractivity contribution in [2.24, 2.45) is 0 Å². The molecule has 0 unspecified atom stereocenters. The van der Waals surface area contributed by atoms with E-state index in [2.05, 4.69) is 4.74 Å². The molecule has 17 heavy (non-hydrogen) atoms. The number of hydrogen-bond donors (Lipinski definition) is 0. The van der Waals surface area contributed by atoms with Crippen LogP contribution < -0.4 is 0 Å². The molecular weight excluding hydrogens is 237 g/mol. The quantitative estimate of drug-likeness (QED) is 0.572. The molecule has 0 saturated carbocycles. The van der Waals surface area contributed by atoms with Crippen molar-refractivity contribution in [1.29, 1.82) is 0 Å². The van der Waals surface area contributed by atoms with E-state index >= 15 is 0 Å². The highest BCUT2D eigenvalue weighted by molar-refractivity contribution is 5.75. The largest absolute Gasteiger partial charge is 0.490 e. The molecule has 1 aliphatic rings. The minimum absolute atomic E-state index is 0.0546. The summed E-state index contributed by atoms with van der Waals surface area (Å²) < 4.78 is 45.6. The smallest absolute Gasteiger partial charge is 0.451 e. The summed E-state index contributed by atoms with van der Waals surface area (Å²) in [5.41, 5.74) is 0. The van der Waals surface area contributed by atoms with E-state index in [1.807, 2.05) is 13.8 Å². The second kappa shape index (κ2) is 5.53. The second-order valence-corrected chi connectivity index (χ2v) is 4.13. The van der Waals surface area contributed by atoms with E-state index in [9.17, 15) is 18.0 Å². The fraction of sp³-hybridized carbons (Fsp3) is 0.727. The molecule has 1 aliphatic carbocycles. The minimum atomic E-state index is -4.93. The van der Waals surface area contributed by atoms with Crippen LogP contribution in [-0.4, -0.2) is 30.5 Å². The van der Waals surface area contributed by atoms with Crippen LogP contribution in [0.5, 0.6) is 0 Å². The van der Waals surface area contributed by atoms with Crippen molar-refractivity contribution < 1.29 is 27.4 Å². The number of carbonyl (C=O) groups is 1. The van der Waals surface area contributed by atoms with Crippen molar-refractivity contribution in [3.63, 3.8) is 0 Å². The lowest BCUT2D eigenvalue weighted by atomic mass is 10.0. The molecule has 0 spiro atoms. The van der Waals surface area contributed by atoms with Gasteiger partial charge in [-0.05, 0) is 32.8 Å². The highest BCUT2D eigenvalue weighted by Crippen LogP contribution is 2.22. The van der Waals surface area contributed by atoms with Gasteiger partial charge in [-0.15, -0.1) is 0 Å². The van der Waals surface area contributed by atoms with Crippen molar-refractivity contribution in [3.05, 3.63) is 12.2 Å². The molecule has 6 heteroatoms. The lowest BCUT2D eigenvalue weighted by molar-refractivity contribution is -0.203. The molecule has 0 aromatic carbocycles. The number of alkyl halides is 3. The number of carbonyl (C=O) groups excluding carboxylic acids is 1. The summed E-state index contributed by atoms with van der Waals surface area (Å²) in [4.78, 5) is 10.6. The molecule has 0 bridgehead atoms. The van der Waals surface area contributed by atoms with E-state index in [0.717, 1.165) is 0 Å². The van der Waals surface area contributed by atoms with E-state index in [1.54, 1.807) is 6.08 Å². The van der Waals surface area contributed by atoms with Crippen LogP contribution in [0.1, 0.15) is 26.7 Å². The Morgan fingerprint density at radius 1 is 1.24 bits per heavy atom. The minimum Gasteiger partial charge on any atom is -0.451 e. The van der Waals surface area contributed by atoms with Crippen molar-refractivity contribution in [2.45, 2.75) is 51.2 Å². The van der Waals surface area contributed by atoms with Gasteiger partial charge in [-0.3, -0.25) is 0 Å². The molecule has 0 amide bonds. The predicted molar refractivity (Wildman–Crippen MR) is 54.3 cm³/mol. The maximum Gasteiger partial charge on any atom is 0.490 e. The van der Waals surface area contributed by atoms with E-state index < -0.39 is 18.2 Å². The lowest BCUT2D eigenvalue weighted by Crippen LogP contribution is -2.31. The molecule has 0 aliphatic heterocycles. The van der Waals surface area contributed by atoms with Crippen LogP contribution in [0.25, 0.3) is 0 Å². The summed E-state index contributed by atoms with van der Waals surface area (Å²) in [6.45, 7) is 3.76. The summed E-state index contributed by atoms with van der Waals surface area (Å²) >= 11 is 0. The van der Waals surface area contributed by atoms with Crippen LogP contribution >= 0.6 is 0 Å². The fourth-order valence-corrected chi connectivity index (χ4v) is 1.53. The molecular formula is C11H15F3O3. The summed E-state index contributed by atoms with van der Waals surface area (Å²) in [6, 6.07) is 0. The zero-order valence-corrected chi connectivity index (χ0v) is 9.66. The summed E-state index contributed by atoms with van der Waals surface area (Å²) in [6.07, 6.45) is -1.83. The molecule has 0 aromatic rings. The molecule has 3 nitrogen and oxygen atoms in total. The number of esters is 1. The monoisotopic (exact) mass is 252 g/mol. The Morgan fingerprint density at radius 2 is 1.76 bits per heavy atom. The third-order valence-electron chi connectivity index (χ3n) is 2.21. The Kier molecular flexibility index (Phi) is 4.56. The molecule has 0 fully saturated rings. The van der Waals surface area contributed by atoms with Gasteiger partial charge in [0.05, 0.1) is 12.2 Å². The van der Waals surface area contributed by atoms with Gasteiger partial charge in [-0.1, -0.05) is 6.08 Å². The van der Waals surface area contributed by atoms with E-state index in [1.165, 1.54) is 6.08 Å². The molecule has 0 radical (unpaired) electrons. The maximum atomic E-state index is 11.9. The average molecular weight is 252 g/mol. The number of ether oxygens (including phenoxy) is 2. The maximum absolute atomic E-state index is 11.9. The molecule has 0 aromatic heterocycles. The Morgan fingerprint density at radius 3 is 2.18 bits per heavy atom. The third kappa shape index (κ3) is 4.77. The van der Waals surface area contributed by atoms with Gasteiger partial charge in [0.25, 0.3) is 0 Å². The van der Waals surface area contributed by atoms with Crippen LogP contribution in [0.4, 0.5) is 13.2 Å². The normalized spacial score (nSPS) is 25.1. The predicted octanol–water partition coefficient (Wildman–Crippen LogP) is 2.60. The van der Waals surface area contributed by atoms with Gasteiger partial charge in [0.1, 0.15) is 6.10 Å². The molecule has 2 atom stereocenters. The van der Waals surface area contributed by atoms with Crippen LogP contribution in [0.15, 0.2) is 12.2 Å². The van der Waals surface area contributed by atoms with Crippen LogP contribution in [0.2, 0.25) is 0 Å². The molecule has 1 rings (SSSR count). The fourth-order valence-electron chi connectivity index (χ4n) is 1.53. The van der Waals surface area contributed by atoms with Gasteiger partial charge in [0.2, 0.25) is 0 Å². The van der Waals surface area contributed by atoms with E-state index in [-0.39, 0.29) is 12.2 Å². The topological polar surface area (TPSA) is 35.5 Å². The van der Waals surface area contributed by atoms with E-state index in [0.29, 0.717) is 12.8 Å².